The van der Waals surface area contributed by atoms with Gasteiger partial charge < -0.3 is 29.0 Å². The number of piperazine rings is 1. The summed E-state index contributed by atoms with van der Waals surface area (Å²) in [5.74, 6) is 1.13. The van der Waals surface area contributed by atoms with Gasteiger partial charge in [0.1, 0.15) is 0 Å². The van der Waals surface area contributed by atoms with Gasteiger partial charge in [0.05, 0.1) is 32.1 Å². The molecule has 2 unspecified atom stereocenters. The van der Waals surface area contributed by atoms with E-state index in [9.17, 15) is 9.59 Å². The first-order valence-electron chi connectivity index (χ1n) is 13.6. The van der Waals surface area contributed by atoms with Gasteiger partial charge in [-0.2, -0.15) is 0 Å². The van der Waals surface area contributed by atoms with E-state index in [1.54, 1.807) is 16.9 Å². The molecule has 0 aliphatic carbocycles. The normalized spacial score (nSPS) is 25.0. The smallest absolute Gasteiger partial charge is 0.255 e. The summed E-state index contributed by atoms with van der Waals surface area (Å²) in [6, 6.07) is 14.1. The number of benzene rings is 2. The third kappa shape index (κ3) is 3.85. The molecule has 4 heterocycles. The predicted octanol–water partition coefficient (Wildman–Crippen LogP) is 4.18. The van der Waals surface area contributed by atoms with E-state index in [2.05, 4.69) is 18.0 Å². The standard InChI is InChI=1S/C30H35N3O5/c1-4-13-38-24-12-11-19(15-25(24)36-3)22-17-33-26(34)18-32(16-20-8-7-14-37-20)29(35)30(33,2)28-27(22)21-9-5-6-10-23(21)31-28/h5-6,9-12,15,20,22,31H,4,7-8,13-14,16-18H2,1-3H3/t20?,22?,30-/m0/s1. The van der Waals surface area contributed by atoms with Gasteiger partial charge in [-0.15, -0.1) is 0 Å². The molecule has 8 nitrogen and oxygen atoms in total. The Kier molecular flexibility index (Phi) is 6.30. The molecule has 3 aliphatic rings. The molecule has 1 N–H and O–H groups in total. The van der Waals surface area contributed by atoms with E-state index >= 15 is 0 Å². The van der Waals surface area contributed by atoms with E-state index in [-0.39, 0.29) is 30.4 Å². The minimum absolute atomic E-state index is 0.0127. The number of ether oxygens (including phenoxy) is 3. The summed E-state index contributed by atoms with van der Waals surface area (Å²) in [5.41, 5.74) is 2.70. The van der Waals surface area contributed by atoms with Crippen LogP contribution in [0.2, 0.25) is 0 Å². The van der Waals surface area contributed by atoms with Crippen LogP contribution < -0.4 is 9.47 Å². The summed E-state index contributed by atoms with van der Waals surface area (Å²) >= 11 is 0. The maximum Gasteiger partial charge on any atom is 0.255 e. The Morgan fingerprint density at radius 3 is 2.76 bits per heavy atom. The Morgan fingerprint density at radius 1 is 1.16 bits per heavy atom. The lowest BCUT2D eigenvalue weighted by Gasteiger charge is -2.51. The number of hydrogen-bond acceptors (Lipinski definition) is 5. The molecule has 38 heavy (non-hydrogen) atoms. The second-order valence-corrected chi connectivity index (χ2v) is 10.7. The van der Waals surface area contributed by atoms with Crippen LogP contribution in [0.15, 0.2) is 42.5 Å². The monoisotopic (exact) mass is 517 g/mol. The van der Waals surface area contributed by atoms with E-state index in [0.717, 1.165) is 47.0 Å². The summed E-state index contributed by atoms with van der Waals surface area (Å²) in [6.07, 6.45) is 2.79. The minimum Gasteiger partial charge on any atom is -0.493 e. The summed E-state index contributed by atoms with van der Waals surface area (Å²) in [5, 5.41) is 1.06. The van der Waals surface area contributed by atoms with Crippen molar-refractivity contribution >= 4 is 22.7 Å². The fourth-order valence-corrected chi connectivity index (χ4v) is 6.39. The highest BCUT2D eigenvalue weighted by molar-refractivity contribution is 6.01. The van der Waals surface area contributed by atoms with Crippen LogP contribution in [0.1, 0.15) is 55.8 Å². The number of H-pyrrole nitrogens is 1. The second-order valence-electron chi connectivity index (χ2n) is 10.7. The molecule has 2 saturated heterocycles. The average Bonchev–Trinajstić information content (AvgIpc) is 3.59. The number of carbonyl (C=O) groups is 2. The number of nitrogens with one attached hydrogen (secondary N) is 1. The van der Waals surface area contributed by atoms with Gasteiger partial charge in [-0.25, -0.2) is 0 Å². The average molecular weight is 518 g/mol. The molecule has 3 atom stereocenters. The first-order chi connectivity index (χ1) is 18.5. The van der Waals surface area contributed by atoms with Crippen molar-refractivity contribution in [3.05, 3.63) is 59.3 Å². The number of carbonyl (C=O) groups excluding carboxylic acids is 2. The predicted molar refractivity (Wildman–Crippen MR) is 144 cm³/mol. The molecule has 0 saturated carbocycles. The van der Waals surface area contributed by atoms with E-state index in [0.29, 0.717) is 37.8 Å². The lowest BCUT2D eigenvalue weighted by Crippen LogP contribution is -2.68. The van der Waals surface area contributed by atoms with Gasteiger partial charge in [0.2, 0.25) is 5.91 Å². The van der Waals surface area contributed by atoms with Crippen LogP contribution in [-0.2, 0) is 19.9 Å². The van der Waals surface area contributed by atoms with Gasteiger partial charge in [-0.05, 0) is 55.5 Å². The largest absolute Gasteiger partial charge is 0.493 e. The van der Waals surface area contributed by atoms with Gasteiger partial charge >= 0.3 is 0 Å². The van der Waals surface area contributed by atoms with Crippen LogP contribution in [0.4, 0.5) is 0 Å². The van der Waals surface area contributed by atoms with Gasteiger partial charge in [0.15, 0.2) is 17.0 Å². The Morgan fingerprint density at radius 2 is 2.00 bits per heavy atom. The van der Waals surface area contributed by atoms with Crippen LogP contribution in [-0.4, -0.2) is 72.7 Å². The van der Waals surface area contributed by atoms with Crippen molar-refractivity contribution in [1.29, 1.82) is 0 Å². The van der Waals surface area contributed by atoms with Crippen molar-refractivity contribution in [2.45, 2.75) is 50.7 Å². The maximum atomic E-state index is 14.2. The Labute approximate surface area is 222 Å². The van der Waals surface area contributed by atoms with E-state index < -0.39 is 5.54 Å². The Hall–Kier alpha value is -3.52. The van der Waals surface area contributed by atoms with Crippen molar-refractivity contribution < 1.29 is 23.8 Å². The molecule has 200 valence electrons. The first-order valence-corrected chi connectivity index (χ1v) is 13.6. The van der Waals surface area contributed by atoms with Crippen molar-refractivity contribution in [2.75, 3.05) is 40.0 Å². The maximum absolute atomic E-state index is 14.2. The summed E-state index contributed by atoms with van der Waals surface area (Å²) < 4.78 is 17.4. The van der Waals surface area contributed by atoms with Crippen LogP contribution in [0.25, 0.3) is 10.9 Å². The van der Waals surface area contributed by atoms with Gasteiger partial charge in [0.25, 0.3) is 5.91 Å². The molecule has 0 bridgehead atoms. The quantitative estimate of drug-likeness (QED) is 0.509. The molecule has 0 radical (unpaired) electrons. The Bertz CT molecular complexity index is 1380. The fourth-order valence-electron chi connectivity index (χ4n) is 6.39. The van der Waals surface area contributed by atoms with Crippen LogP contribution in [0.5, 0.6) is 11.5 Å². The lowest BCUT2D eigenvalue weighted by molar-refractivity contribution is -0.167. The van der Waals surface area contributed by atoms with Gasteiger partial charge in [-0.1, -0.05) is 31.2 Å². The summed E-state index contributed by atoms with van der Waals surface area (Å²) in [6.45, 7) is 6.20. The number of fused-ring (bicyclic) bond motifs is 5. The zero-order valence-corrected chi connectivity index (χ0v) is 22.3. The van der Waals surface area contributed by atoms with Crippen molar-refractivity contribution in [3.8, 4) is 11.5 Å². The van der Waals surface area contributed by atoms with Crippen molar-refractivity contribution in [3.63, 3.8) is 0 Å². The molecule has 2 fully saturated rings. The number of hydrogen-bond donors (Lipinski definition) is 1. The highest BCUT2D eigenvalue weighted by Gasteiger charge is 2.56. The van der Waals surface area contributed by atoms with Crippen LogP contribution in [0.3, 0.4) is 0 Å². The molecule has 0 spiro atoms. The zero-order valence-electron chi connectivity index (χ0n) is 22.3. The first kappa shape index (κ1) is 24.8. The SMILES string of the molecule is CCCOc1ccc(C2CN3C(=O)CN(CC4CCCO4)C(=O)[C@]3(C)c3[nH]c4ccccc4c32)cc1OC. The van der Waals surface area contributed by atoms with Gasteiger partial charge in [-0.3, -0.25) is 9.59 Å². The number of para-hydroxylation sites is 1. The van der Waals surface area contributed by atoms with Crippen molar-refractivity contribution in [1.82, 2.24) is 14.8 Å². The molecular formula is C30H35N3O5. The molecule has 2 aromatic carbocycles. The van der Waals surface area contributed by atoms with E-state index in [1.165, 1.54) is 0 Å². The number of rotatable bonds is 7. The number of aromatic nitrogens is 1. The number of aromatic amines is 1. The minimum atomic E-state index is -1.12. The highest BCUT2D eigenvalue weighted by atomic mass is 16.5. The van der Waals surface area contributed by atoms with Crippen LogP contribution >= 0.6 is 0 Å². The molecular weight excluding hydrogens is 482 g/mol. The fraction of sp³-hybridized carbons (Fsp3) is 0.467. The zero-order chi connectivity index (χ0) is 26.4. The molecule has 2 amide bonds. The third-order valence-electron chi connectivity index (χ3n) is 8.32. The summed E-state index contributed by atoms with van der Waals surface area (Å²) in [4.78, 5) is 34.9. The number of methoxy groups -OCH3 is 1. The molecule has 3 aliphatic heterocycles. The van der Waals surface area contributed by atoms with E-state index in [4.69, 9.17) is 14.2 Å². The third-order valence-corrected chi connectivity index (χ3v) is 8.32. The molecule has 6 rings (SSSR count). The van der Waals surface area contributed by atoms with E-state index in [1.807, 2.05) is 43.3 Å². The molecule has 8 heteroatoms. The lowest BCUT2D eigenvalue weighted by atomic mass is 9.76. The highest BCUT2D eigenvalue weighted by Crippen LogP contribution is 2.49. The van der Waals surface area contributed by atoms with Crippen molar-refractivity contribution in [2.24, 2.45) is 0 Å². The second kappa shape index (κ2) is 9.66. The topological polar surface area (TPSA) is 84.1 Å². The number of nitrogens with zero attached hydrogens (tertiary/aromatic N) is 2. The molecule has 3 aromatic rings. The molecule has 1 aromatic heterocycles. The Balaban J connectivity index is 1.46. The van der Waals surface area contributed by atoms with Gasteiger partial charge in [0, 0.05) is 36.5 Å². The van der Waals surface area contributed by atoms with Crippen LogP contribution in [0, 0.1) is 0 Å². The summed E-state index contributed by atoms with van der Waals surface area (Å²) in [7, 11) is 1.64. The number of amides is 2.